The average molecular weight is 279 g/mol. The van der Waals surface area contributed by atoms with E-state index in [1.54, 1.807) is 6.07 Å². The molecular formula is C17H17N3O. The Labute approximate surface area is 124 Å². The van der Waals surface area contributed by atoms with Crippen LogP contribution in [-0.4, -0.2) is 18.8 Å². The van der Waals surface area contributed by atoms with E-state index < -0.39 is 5.91 Å². The molecule has 1 amide bonds. The highest BCUT2D eigenvalue weighted by Crippen LogP contribution is 2.29. The summed E-state index contributed by atoms with van der Waals surface area (Å²) in [6, 6.07) is 17.3. The van der Waals surface area contributed by atoms with Crippen LogP contribution in [0, 0.1) is 0 Å². The van der Waals surface area contributed by atoms with Gasteiger partial charge in [0.1, 0.15) is 0 Å². The number of hydrogen-bond acceptors (Lipinski definition) is 2. The van der Waals surface area contributed by atoms with Crippen LogP contribution in [0.3, 0.4) is 0 Å². The SMILES string of the molecule is C=C(c1ccccc1)c1ccccc1/N=C(\N)C(=O)NC. The minimum absolute atomic E-state index is 0.0780. The zero-order valence-electron chi connectivity index (χ0n) is 11.8. The Morgan fingerprint density at radius 1 is 1.10 bits per heavy atom. The van der Waals surface area contributed by atoms with Crippen molar-refractivity contribution in [2.75, 3.05) is 7.05 Å². The second-order valence-electron chi connectivity index (χ2n) is 4.44. The van der Waals surface area contributed by atoms with Gasteiger partial charge < -0.3 is 11.1 Å². The zero-order valence-corrected chi connectivity index (χ0v) is 11.8. The van der Waals surface area contributed by atoms with Crippen LogP contribution in [0.15, 0.2) is 66.2 Å². The topological polar surface area (TPSA) is 67.5 Å². The van der Waals surface area contributed by atoms with Crippen molar-refractivity contribution in [3.05, 3.63) is 72.3 Å². The molecule has 0 saturated carbocycles. The molecule has 0 aromatic heterocycles. The zero-order chi connectivity index (χ0) is 15.2. The van der Waals surface area contributed by atoms with Crippen LogP contribution < -0.4 is 11.1 Å². The molecule has 4 heteroatoms. The van der Waals surface area contributed by atoms with Gasteiger partial charge in [-0.1, -0.05) is 55.1 Å². The fourth-order valence-corrected chi connectivity index (χ4v) is 1.93. The summed E-state index contributed by atoms with van der Waals surface area (Å²) in [5.41, 5.74) is 8.97. The highest BCUT2D eigenvalue weighted by molar-refractivity contribution is 6.37. The molecule has 2 rings (SSSR count). The number of nitrogens with one attached hydrogen (secondary N) is 1. The van der Waals surface area contributed by atoms with E-state index in [0.29, 0.717) is 5.69 Å². The average Bonchev–Trinajstić information content (AvgIpc) is 2.54. The summed E-state index contributed by atoms with van der Waals surface area (Å²) < 4.78 is 0. The van der Waals surface area contributed by atoms with Crippen molar-refractivity contribution in [2.24, 2.45) is 10.7 Å². The van der Waals surface area contributed by atoms with Crippen molar-refractivity contribution in [2.45, 2.75) is 0 Å². The van der Waals surface area contributed by atoms with Gasteiger partial charge in [-0.15, -0.1) is 0 Å². The van der Waals surface area contributed by atoms with Crippen molar-refractivity contribution in [1.29, 1.82) is 0 Å². The summed E-state index contributed by atoms with van der Waals surface area (Å²) in [6.45, 7) is 4.12. The normalized spacial score (nSPS) is 11.0. The number of carbonyl (C=O) groups is 1. The number of para-hydroxylation sites is 1. The fraction of sp³-hybridized carbons (Fsp3) is 0.0588. The molecule has 0 aliphatic carbocycles. The molecule has 0 saturated heterocycles. The number of nitrogens with two attached hydrogens (primary N) is 1. The van der Waals surface area contributed by atoms with Gasteiger partial charge >= 0.3 is 0 Å². The van der Waals surface area contributed by atoms with Crippen LogP contribution in [0.2, 0.25) is 0 Å². The summed E-state index contributed by atoms with van der Waals surface area (Å²) >= 11 is 0. The molecule has 2 aromatic carbocycles. The Hall–Kier alpha value is -2.88. The second-order valence-corrected chi connectivity index (χ2v) is 4.44. The predicted molar refractivity (Wildman–Crippen MR) is 86.4 cm³/mol. The molecule has 0 spiro atoms. The van der Waals surface area contributed by atoms with E-state index >= 15 is 0 Å². The molecule has 21 heavy (non-hydrogen) atoms. The molecule has 0 atom stereocenters. The molecule has 106 valence electrons. The molecular weight excluding hydrogens is 262 g/mol. The summed E-state index contributed by atoms with van der Waals surface area (Å²) in [7, 11) is 1.51. The lowest BCUT2D eigenvalue weighted by Gasteiger charge is -2.10. The maximum atomic E-state index is 11.5. The van der Waals surface area contributed by atoms with Gasteiger partial charge in [0, 0.05) is 12.6 Å². The van der Waals surface area contributed by atoms with Crippen LogP contribution in [-0.2, 0) is 4.79 Å². The number of hydrogen-bond donors (Lipinski definition) is 2. The van der Waals surface area contributed by atoms with Crippen molar-refractivity contribution < 1.29 is 4.79 Å². The Morgan fingerprint density at radius 2 is 1.71 bits per heavy atom. The third-order valence-corrected chi connectivity index (χ3v) is 3.05. The number of aliphatic imine (C=N–C) groups is 1. The number of carbonyl (C=O) groups excluding carboxylic acids is 1. The highest BCUT2D eigenvalue weighted by Gasteiger charge is 2.09. The quantitative estimate of drug-likeness (QED) is 0.669. The van der Waals surface area contributed by atoms with Crippen LogP contribution in [0.4, 0.5) is 5.69 Å². The number of likely N-dealkylation sites (N-methyl/N-ethyl adjacent to an activating group) is 1. The molecule has 0 fully saturated rings. The van der Waals surface area contributed by atoms with Crippen LogP contribution in [0.25, 0.3) is 5.57 Å². The summed E-state index contributed by atoms with van der Waals surface area (Å²) in [6.07, 6.45) is 0. The molecule has 4 nitrogen and oxygen atoms in total. The van der Waals surface area contributed by atoms with E-state index in [9.17, 15) is 4.79 Å². The summed E-state index contributed by atoms with van der Waals surface area (Å²) in [5, 5.41) is 2.45. The highest BCUT2D eigenvalue weighted by atomic mass is 16.2. The number of amides is 1. The number of rotatable bonds is 3. The molecule has 0 unspecified atom stereocenters. The van der Waals surface area contributed by atoms with Gasteiger partial charge in [-0.05, 0) is 17.2 Å². The molecule has 3 N–H and O–H groups in total. The van der Waals surface area contributed by atoms with Gasteiger partial charge in [-0.25, -0.2) is 4.99 Å². The van der Waals surface area contributed by atoms with Crippen molar-refractivity contribution >= 4 is 23.0 Å². The minimum Gasteiger partial charge on any atom is -0.379 e. The molecule has 0 radical (unpaired) electrons. The lowest BCUT2D eigenvalue weighted by molar-refractivity contribution is -0.114. The van der Waals surface area contributed by atoms with Gasteiger partial charge in [-0.3, -0.25) is 4.79 Å². The van der Waals surface area contributed by atoms with Gasteiger partial charge in [0.25, 0.3) is 5.91 Å². The maximum Gasteiger partial charge on any atom is 0.286 e. The summed E-state index contributed by atoms with van der Waals surface area (Å²) in [4.78, 5) is 15.7. The van der Waals surface area contributed by atoms with E-state index in [1.807, 2.05) is 48.5 Å². The lowest BCUT2D eigenvalue weighted by Crippen LogP contribution is -2.33. The number of nitrogens with zero attached hydrogens (tertiary/aromatic N) is 1. The first-order chi connectivity index (χ1) is 10.1. The van der Waals surface area contributed by atoms with Crippen molar-refractivity contribution in [1.82, 2.24) is 5.32 Å². The Kier molecular flexibility index (Phi) is 4.51. The first-order valence-corrected chi connectivity index (χ1v) is 6.53. The van der Waals surface area contributed by atoms with E-state index in [1.165, 1.54) is 7.05 Å². The van der Waals surface area contributed by atoms with Crippen LogP contribution in [0.5, 0.6) is 0 Å². The largest absolute Gasteiger partial charge is 0.379 e. The third-order valence-electron chi connectivity index (χ3n) is 3.05. The van der Waals surface area contributed by atoms with Gasteiger partial charge in [0.2, 0.25) is 0 Å². The lowest BCUT2D eigenvalue weighted by atomic mass is 9.98. The monoisotopic (exact) mass is 279 g/mol. The summed E-state index contributed by atoms with van der Waals surface area (Å²) in [5.74, 6) is -0.485. The molecule has 0 heterocycles. The van der Waals surface area contributed by atoms with E-state index in [2.05, 4.69) is 16.9 Å². The maximum absolute atomic E-state index is 11.5. The van der Waals surface area contributed by atoms with E-state index in [4.69, 9.17) is 5.73 Å². The molecule has 0 bridgehead atoms. The van der Waals surface area contributed by atoms with Crippen LogP contribution >= 0.6 is 0 Å². The Morgan fingerprint density at radius 3 is 2.38 bits per heavy atom. The standard InChI is InChI=1S/C17H17N3O/c1-12(13-8-4-3-5-9-13)14-10-6-7-11-15(14)20-16(18)17(21)19-2/h3-11H,1H2,2H3,(H2,18,20)(H,19,21). The minimum atomic E-state index is -0.407. The smallest absolute Gasteiger partial charge is 0.286 e. The van der Waals surface area contributed by atoms with Crippen molar-refractivity contribution in [3.8, 4) is 0 Å². The van der Waals surface area contributed by atoms with Gasteiger partial charge in [0.15, 0.2) is 5.84 Å². The van der Waals surface area contributed by atoms with Gasteiger partial charge in [0.05, 0.1) is 5.69 Å². The number of amidine groups is 1. The predicted octanol–water partition coefficient (Wildman–Crippen LogP) is 2.48. The van der Waals surface area contributed by atoms with Crippen LogP contribution in [0.1, 0.15) is 11.1 Å². The van der Waals surface area contributed by atoms with Crippen molar-refractivity contribution in [3.63, 3.8) is 0 Å². The molecule has 0 aliphatic rings. The first kappa shape index (κ1) is 14.5. The first-order valence-electron chi connectivity index (χ1n) is 6.53. The number of benzene rings is 2. The Balaban J connectivity index is 2.43. The Bertz CT molecular complexity index is 690. The van der Waals surface area contributed by atoms with E-state index in [-0.39, 0.29) is 5.84 Å². The van der Waals surface area contributed by atoms with Gasteiger partial charge in [-0.2, -0.15) is 0 Å². The second kappa shape index (κ2) is 6.52. The fourth-order valence-electron chi connectivity index (χ4n) is 1.93. The molecule has 2 aromatic rings. The van der Waals surface area contributed by atoms with E-state index in [0.717, 1.165) is 16.7 Å². The third kappa shape index (κ3) is 3.36. The molecule has 0 aliphatic heterocycles.